The maximum absolute atomic E-state index is 12.6. The number of carbonyl (C=O) groups is 2. The van der Waals surface area contributed by atoms with E-state index in [1.54, 1.807) is 0 Å². The SMILES string of the molecule is COCCNC(=O)c1cccc(S(=O)(=O)Nc2cccc(C(=O)OC)c2)c1. The number of hydrogen-bond acceptors (Lipinski definition) is 6. The Kier molecular flexibility index (Phi) is 6.91. The van der Waals surface area contributed by atoms with E-state index in [0.29, 0.717) is 13.2 Å². The Morgan fingerprint density at radius 1 is 1.00 bits per heavy atom. The van der Waals surface area contributed by atoms with Crippen LogP contribution in [-0.4, -0.2) is 47.7 Å². The molecule has 2 aromatic rings. The lowest BCUT2D eigenvalue weighted by molar-refractivity contribution is 0.0600. The molecule has 0 spiro atoms. The minimum atomic E-state index is -3.95. The second-order valence-corrected chi connectivity index (χ2v) is 7.14. The van der Waals surface area contributed by atoms with Crippen LogP contribution < -0.4 is 10.0 Å². The fraction of sp³-hybridized carbons (Fsp3) is 0.222. The predicted molar refractivity (Wildman–Crippen MR) is 99.2 cm³/mol. The topological polar surface area (TPSA) is 111 Å². The molecule has 8 nitrogen and oxygen atoms in total. The van der Waals surface area contributed by atoms with Crippen molar-refractivity contribution in [2.24, 2.45) is 0 Å². The zero-order valence-electron chi connectivity index (χ0n) is 14.9. The first-order chi connectivity index (χ1) is 12.9. The van der Waals surface area contributed by atoms with Gasteiger partial charge in [-0.1, -0.05) is 12.1 Å². The Morgan fingerprint density at radius 3 is 2.41 bits per heavy atom. The normalized spacial score (nSPS) is 10.9. The molecule has 0 unspecified atom stereocenters. The van der Waals surface area contributed by atoms with Crippen molar-refractivity contribution in [2.45, 2.75) is 4.90 Å². The molecule has 0 heterocycles. The Balaban J connectivity index is 2.21. The lowest BCUT2D eigenvalue weighted by Gasteiger charge is -2.10. The molecule has 0 aliphatic rings. The lowest BCUT2D eigenvalue weighted by atomic mass is 10.2. The zero-order chi connectivity index (χ0) is 19.9. The quantitative estimate of drug-likeness (QED) is 0.522. The molecule has 9 heteroatoms. The number of nitrogens with one attached hydrogen (secondary N) is 2. The van der Waals surface area contributed by atoms with Gasteiger partial charge in [-0.25, -0.2) is 13.2 Å². The minimum absolute atomic E-state index is 0.0784. The number of methoxy groups -OCH3 is 2. The number of benzene rings is 2. The van der Waals surface area contributed by atoms with Crippen LogP contribution in [0.5, 0.6) is 0 Å². The summed E-state index contributed by atoms with van der Waals surface area (Å²) in [5.41, 5.74) is 0.620. The first-order valence-electron chi connectivity index (χ1n) is 7.96. The number of carbonyl (C=O) groups excluding carboxylic acids is 2. The van der Waals surface area contributed by atoms with E-state index in [1.165, 1.54) is 62.8 Å². The summed E-state index contributed by atoms with van der Waals surface area (Å²) in [4.78, 5) is 23.6. The second-order valence-electron chi connectivity index (χ2n) is 5.45. The van der Waals surface area contributed by atoms with Crippen molar-refractivity contribution in [3.63, 3.8) is 0 Å². The Bertz CT molecular complexity index is 927. The molecule has 2 N–H and O–H groups in total. The highest BCUT2D eigenvalue weighted by Crippen LogP contribution is 2.18. The maximum Gasteiger partial charge on any atom is 0.337 e. The Morgan fingerprint density at radius 2 is 1.70 bits per heavy atom. The number of anilines is 1. The van der Waals surface area contributed by atoms with Crippen molar-refractivity contribution in [3.05, 3.63) is 59.7 Å². The van der Waals surface area contributed by atoms with Crippen LogP contribution in [0.2, 0.25) is 0 Å². The van der Waals surface area contributed by atoms with E-state index in [9.17, 15) is 18.0 Å². The van der Waals surface area contributed by atoms with Gasteiger partial charge in [-0.2, -0.15) is 0 Å². The van der Waals surface area contributed by atoms with Gasteiger partial charge < -0.3 is 14.8 Å². The summed E-state index contributed by atoms with van der Waals surface area (Å²) in [6.45, 7) is 0.659. The van der Waals surface area contributed by atoms with E-state index in [0.717, 1.165) is 0 Å². The van der Waals surface area contributed by atoms with E-state index in [1.807, 2.05) is 0 Å². The van der Waals surface area contributed by atoms with Crippen LogP contribution in [0.15, 0.2) is 53.4 Å². The van der Waals surface area contributed by atoms with Crippen LogP contribution in [0.25, 0.3) is 0 Å². The van der Waals surface area contributed by atoms with Gasteiger partial charge in [0.1, 0.15) is 0 Å². The molecule has 0 saturated carbocycles. The van der Waals surface area contributed by atoms with Crippen LogP contribution in [0.4, 0.5) is 5.69 Å². The van der Waals surface area contributed by atoms with Crippen LogP contribution in [-0.2, 0) is 19.5 Å². The lowest BCUT2D eigenvalue weighted by Crippen LogP contribution is -2.27. The van der Waals surface area contributed by atoms with Gasteiger partial charge in [0.05, 0.1) is 24.2 Å². The summed E-state index contributed by atoms with van der Waals surface area (Å²) < 4.78 is 37.1. The predicted octanol–water partition coefficient (Wildman–Crippen LogP) is 1.65. The summed E-state index contributed by atoms with van der Waals surface area (Å²) >= 11 is 0. The summed E-state index contributed by atoms with van der Waals surface area (Å²) in [5.74, 6) is -0.984. The summed E-state index contributed by atoms with van der Waals surface area (Å²) in [5, 5.41) is 2.62. The Labute approximate surface area is 157 Å². The first kappa shape index (κ1) is 20.4. The largest absolute Gasteiger partial charge is 0.465 e. The maximum atomic E-state index is 12.6. The van der Waals surface area contributed by atoms with Crippen LogP contribution in [0.3, 0.4) is 0 Å². The zero-order valence-corrected chi connectivity index (χ0v) is 15.7. The second kappa shape index (κ2) is 9.15. The minimum Gasteiger partial charge on any atom is -0.465 e. The van der Waals surface area contributed by atoms with Crippen molar-refractivity contribution in [3.8, 4) is 0 Å². The van der Waals surface area contributed by atoms with Crippen LogP contribution in [0, 0.1) is 0 Å². The van der Waals surface area contributed by atoms with Crippen LogP contribution >= 0.6 is 0 Å². The van der Waals surface area contributed by atoms with Gasteiger partial charge in [-0.05, 0) is 36.4 Å². The number of esters is 1. The number of ether oxygens (including phenoxy) is 2. The first-order valence-corrected chi connectivity index (χ1v) is 9.44. The van der Waals surface area contributed by atoms with Gasteiger partial charge in [-0.3, -0.25) is 9.52 Å². The highest BCUT2D eigenvalue weighted by atomic mass is 32.2. The molecule has 0 bridgehead atoms. The molecule has 2 aromatic carbocycles. The highest BCUT2D eigenvalue weighted by Gasteiger charge is 2.17. The average Bonchev–Trinajstić information content (AvgIpc) is 2.67. The van der Waals surface area contributed by atoms with Crippen molar-refractivity contribution in [1.29, 1.82) is 0 Å². The third kappa shape index (κ3) is 5.53. The van der Waals surface area contributed by atoms with E-state index >= 15 is 0 Å². The van der Waals surface area contributed by atoms with Gasteiger partial charge in [0.25, 0.3) is 15.9 Å². The summed E-state index contributed by atoms with van der Waals surface area (Å²) in [7, 11) is -1.20. The molecule has 27 heavy (non-hydrogen) atoms. The van der Waals surface area contributed by atoms with Gasteiger partial charge >= 0.3 is 5.97 Å². The van der Waals surface area contributed by atoms with Gasteiger partial charge in [-0.15, -0.1) is 0 Å². The van der Waals surface area contributed by atoms with Crippen molar-refractivity contribution in [1.82, 2.24) is 5.32 Å². The monoisotopic (exact) mass is 392 g/mol. The molecule has 0 aromatic heterocycles. The third-order valence-electron chi connectivity index (χ3n) is 3.53. The van der Waals surface area contributed by atoms with Crippen molar-refractivity contribution >= 4 is 27.6 Å². The van der Waals surface area contributed by atoms with Crippen molar-refractivity contribution in [2.75, 3.05) is 32.1 Å². The number of amides is 1. The van der Waals surface area contributed by atoms with Crippen LogP contribution in [0.1, 0.15) is 20.7 Å². The average molecular weight is 392 g/mol. The molecule has 144 valence electrons. The van der Waals surface area contributed by atoms with E-state index in [2.05, 4.69) is 14.8 Å². The standard InChI is InChI=1S/C18H20N2O6S/c1-25-10-9-19-17(21)13-5-4-8-16(12-13)27(23,24)20-15-7-3-6-14(11-15)18(22)26-2/h3-8,11-12,20H,9-10H2,1-2H3,(H,19,21). The molecule has 2 rings (SSSR count). The van der Waals surface area contributed by atoms with Gasteiger partial charge in [0.2, 0.25) is 0 Å². The van der Waals surface area contributed by atoms with E-state index < -0.39 is 21.9 Å². The van der Waals surface area contributed by atoms with E-state index in [-0.39, 0.29) is 21.7 Å². The smallest absolute Gasteiger partial charge is 0.337 e. The van der Waals surface area contributed by atoms with Gasteiger partial charge in [0, 0.05) is 24.9 Å². The molecule has 0 aliphatic heterocycles. The number of rotatable bonds is 8. The molecule has 0 saturated heterocycles. The summed E-state index contributed by atoms with van der Waals surface area (Å²) in [6, 6.07) is 11.5. The highest BCUT2D eigenvalue weighted by molar-refractivity contribution is 7.92. The third-order valence-corrected chi connectivity index (χ3v) is 4.91. The molecular weight excluding hydrogens is 372 g/mol. The summed E-state index contributed by atoms with van der Waals surface area (Å²) in [6.07, 6.45) is 0. The fourth-order valence-electron chi connectivity index (χ4n) is 2.21. The molecule has 0 aliphatic carbocycles. The Hall–Kier alpha value is -2.91. The molecule has 0 atom stereocenters. The number of sulfonamides is 1. The molecule has 0 radical (unpaired) electrons. The molecule has 1 amide bonds. The van der Waals surface area contributed by atoms with E-state index in [4.69, 9.17) is 4.74 Å². The van der Waals surface area contributed by atoms with Gasteiger partial charge in [0.15, 0.2) is 0 Å². The number of hydrogen-bond donors (Lipinski definition) is 2. The fourth-order valence-corrected chi connectivity index (χ4v) is 3.31. The molecule has 0 fully saturated rings. The van der Waals surface area contributed by atoms with Crippen molar-refractivity contribution < 1.29 is 27.5 Å². The molecular formula is C18H20N2O6S.